The number of aromatic nitrogens is 2. The molecule has 1 aliphatic rings. The number of amides is 1. The molecule has 1 saturated heterocycles. The number of pyridine rings is 1. The van der Waals surface area contributed by atoms with Gasteiger partial charge in [-0.2, -0.15) is 18.4 Å². The van der Waals surface area contributed by atoms with E-state index < -0.39 is 25.0 Å². The number of nitriles is 1. The molecular weight excluding hydrogens is 387 g/mol. The minimum atomic E-state index is -4.36. The minimum Gasteiger partial charge on any atom is -0.358 e. The molecular formula is C19H16F3N5O2. The van der Waals surface area contributed by atoms with Crippen LogP contribution in [0.15, 0.2) is 24.4 Å². The summed E-state index contributed by atoms with van der Waals surface area (Å²) in [6, 6.07) is 7.15. The van der Waals surface area contributed by atoms with Gasteiger partial charge in [0.2, 0.25) is 0 Å². The zero-order chi connectivity index (χ0) is 20.6. The predicted molar refractivity (Wildman–Crippen MR) is 99.3 cm³/mol. The summed E-state index contributed by atoms with van der Waals surface area (Å²) in [5.41, 5.74) is 2.75. The summed E-state index contributed by atoms with van der Waals surface area (Å²) in [4.78, 5) is 20.0. The number of hydrogen-bond donors (Lipinski definition) is 3. The molecule has 1 aliphatic heterocycles. The second kappa shape index (κ2) is 7.25. The van der Waals surface area contributed by atoms with Crippen molar-refractivity contribution in [3.05, 3.63) is 35.5 Å². The molecule has 3 heterocycles. The number of fused-ring (bicyclic) bond motifs is 3. The van der Waals surface area contributed by atoms with E-state index in [0.29, 0.717) is 34.4 Å². The quantitative estimate of drug-likeness (QED) is 0.606. The van der Waals surface area contributed by atoms with Crippen LogP contribution in [-0.2, 0) is 4.74 Å². The molecule has 3 N–H and O–H groups in total. The van der Waals surface area contributed by atoms with Gasteiger partial charge < -0.3 is 20.4 Å². The Kier molecular flexibility index (Phi) is 4.76. The SMILES string of the molecule is N#Cc1ccc2c(c1)[nH]c1c(NC3CCO3)c(C(=O)NCCC(F)(F)F)cnc12. The molecule has 150 valence electrons. The number of anilines is 1. The van der Waals surface area contributed by atoms with E-state index in [0.717, 1.165) is 11.8 Å². The first-order valence-corrected chi connectivity index (χ1v) is 8.93. The Morgan fingerprint density at radius 3 is 2.86 bits per heavy atom. The molecule has 1 amide bonds. The van der Waals surface area contributed by atoms with Crippen molar-refractivity contribution in [3.63, 3.8) is 0 Å². The summed E-state index contributed by atoms with van der Waals surface area (Å²) in [6.45, 7) is 0.0508. The maximum Gasteiger partial charge on any atom is 0.390 e. The van der Waals surface area contributed by atoms with Gasteiger partial charge in [0.1, 0.15) is 6.23 Å². The first-order valence-electron chi connectivity index (χ1n) is 8.93. The van der Waals surface area contributed by atoms with E-state index in [1.165, 1.54) is 6.20 Å². The van der Waals surface area contributed by atoms with E-state index in [1.54, 1.807) is 18.2 Å². The molecule has 0 saturated carbocycles. The van der Waals surface area contributed by atoms with Gasteiger partial charge in [-0.25, -0.2) is 0 Å². The lowest BCUT2D eigenvalue weighted by Gasteiger charge is -2.29. The second-order valence-corrected chi connectivity index (χ2v) is 6.68. The smallest absolute Gasteiger partial charge is 0.358 e. The van der Waals surface area contributed by atoms with Crippen LogP contribution in [0.5, 0.6) is 0 Å². The van der Waals surface area contributed by atoms with E-state index in [1.807, 2.05) is 0 Å². The molecule has 0 radical (unpaired) electrons. The lowest BCUT2D eigenvalue weighted by molar-refractivity contribution is -0.132. The Bertz CT molecular complexity index is 1130. The first kappa shape index (κ1) is 19.0. The summed E-state index contributed by atoms with van der Waals surface area (Å²) in [7, 11) is 0. The van der Waals surface area contributed by atoms with Crippen LogP contribution in [0.3, 0.4) is 0 Å². The van der Waals surface area contributed by atoms with Gasteiger partial charge in [0, 0.05) is 30.1 Å². The molecule has 7 nitrogen and oxygen atoms in total. The number of nitrogens with zero attached hydrogens (tertiary/aromatic N) is 2. The second-order valence-electron chi connectivity index (χ2n) is 6.68. The van der Waals surface area contributed by atoms with Gasteiger partial charge in [-0.05, 0) is 18.2 Å². The van der Waals surface area contributed by atoms with Gasteiger partial charge in [0.25, 0.3) is 5.91 Å². The Labute approximate surface area is 162 Å². The third kappa shape index (κ3) is 3.82. The molecule has 10 heteroatoms. The molecule has 0 spiro atoms. The van der Waals surface area contributed by atoms with E-state index in [9.17, 15) is 18.0 Å². The van der Waals surface area contributed by atoms with Crippen molar-refractivity contribution in [2.45, 2.75) is 25.2 Å². The third-order valence-electron chi connectivity index (χ3n) is 4.69. The third-order valence-corrected chi connectivity index (χ3v) is 4.69. The molecule has 1 fully saturated rings. The number of aromatic amines is 1. The normalized spacial score (nSPS) is 16.4. The fourth-order valence-electron chi connectivity index (χ4n) is 3.14. The summed E-state index contributed by atoms with van der Waals surface area (Å²) in [5, 5.41) is 15.3. The Morgan fingerprint density at radius 2 is 2.21 bits per heavy atom. The largest absolute Gasteiger partial charge is 0.390 e. The van der Waals surface area contributed by atoms with Gasteiger partial charge in [-0.15, -0.1) is 0 Å². The number of rotatable bonds is 5. The number of halogens is 3. The summed E-state index contributed by atoms with van der Waals surface area (Å²) in [5.74, 6) is -0.665. The van der Waals surface area contributed by atoms with E-state index >= 15 is 0 Å². The minimum absolute atomic E-state index is 0.113. The molecule has 0 aliphatic carbocycles. The van der Waals surface area contributed by atoms with Gasteiger partial charge in [-0.1, -0.05) is 0 Å². The molecule has 3 aromatic rings. The van der Waals surface area contributed by atoms with Crippen molar-refractivity contribution in [1.29, 1.82) is 5.26 Å². The van der Waals surface area contributed by atoms with Crippen LogP contribution in [0.2, 0.25) is 0 Å². The summed E-state index contributed by atoms with van der Waals surface area (Å²) < 4.78 is 42.5. The topological polar surface area (TPSA) is 103 Å². The number of H-pyrrole nitrogens is 1. The van der Waals surface area contributed by atoms with Gasteiger partial charge in [0.05, 0.1) is 46.9 Å². The fraction of sp³-hybridized carbons (Fsp3) is 0.316. The number of nitrogens with one attached hydrogen (secondary N) is 3. The first-order chi connectivity index (χ1) is 13.9. The number of alkyl halides is 3. The van der Waals surface area contributed by atoms with Crippen molar-refractivity contribution < 1.29 is 22.7 Å². The Morgan fingerprint density at radius 1 is 1.41 bits per heavy atom. The van der Waals surface area contributed by atoms with E-state index in [-0.39, 0.29) is 11.8 Å². The Balaban J connectivity index is 1.74. The fourth-order valence-corrected chi connectivity index (χ4v) is 3.14. The number of ether oxygens (including phenoxy) is 1. The van der Waals surface area contributed by atoms with Crippen LogP contribution in [0.1, 0.15) is 28.8 Å². The maximum atomic E-state index is 12.5. The highest BCUT2D eigenvalue weighted by Crippen LogP contribution is 2.33. The lowest BCUT2D eigenvalue weighted by Crippen LogP contribution is -2.36. The number of carbonyl (C=O) groups is 1. The highest BCUT2D eigenvalue weighted by molar-refractivity contribution is 6.13. The average Bonchev–Trinajstić information content (AvgIpc) is 3.01. The highest BCUT2D eigenvalue weighted by Gasteiger charge is 2.28. The van der Waals surface area contributed by atoms with Crippen LogP contribution >= 0.6 is 0 Å². The van der Waals surface area contributed by atoms with Crippen LogP contribution in [0.4, 0.5) is 18.9 Å². The van der Waals surface area contributed by atoms with Crippen LogP contribution < -0.4 is 10.6 Å². The number of benzene rings is 1. The lowest BCUT2D eigenvalue weighted by atomic mass is 10.1. The molecule has 1 aromatic carbocycles. The number of hydrogen-bond acceptors (Lipinski definition) is 5. The van der Waals surface area contributed by atoms with Crippen molar-refractivity contribution in [2.24, 2.45) is 0 Å². The zero-order valence-electron chi connectivity index (χ0n) is 15.1. The summed E-state index contributed by atoms with van der Waals surface area (Å²) in [6.07, 6.45) is -3.71. The monoisotopic (exact) mass is 403 g/mol. The number of carbonyl (C=O) groups excluding carboxylic acids is 1. The van der Waals surface area contributed by atoms with Crippen LogP contribution in [0, 0.1) is 11.3 Å². The van der Waals surface area contributed by atoms with Crippen LogP contribution in [-0.4, -0.2) is 41.4 Å². The molecule has 2 aromatic heterocycles. The maximum absolute atomic E-state index is 12.5. The molecule has 0 bridgehead atoms. The zero-order valence-corrected chi connectivity index (χ0v) is 15.1. The van der Waals surface area contributed by atoms with Crippen molar-refractivity contribution in [3.8, 4) is 6.07 Å². The highest BCUT2D eigenvalue weighted by atomic mass is 19.4. The standard InChI is InChI=1S/C19H16F3N5O2/c20-19(21,22)4-5-24-18(28)12-9-25-15-11-2-1-10(8-23)7-13(11)26-17(15)16(12)27-14-3-6-29-14/h1-2,7,9,14,26H,3-6H2,(H,24,28)(H,25,27). The van der Waals surface area contributed by atoms with Gasteiger partial charge in [0.15, 0.2) is 0 Å². The van der Waals surface area contributed by atoms with Crippen LogP contribution in [0.25, 0.3) is 21.9 Å². The van der Waals surface area contributed by atoms with Gasteiger partial charge >= 0.3 is 6.18 Å². The molecule has 1 atom stereocenters. The van der Waals surface area contributed by atoms with E-state index in [4.69, 9.17) is 10.00 Å². The Hall–Kier alpha value is -3.32. The van der Waals surface area contributed by atoms with Crippen molar-refractivity contribution in [2.75, 3.05) is 18.5 Å². The molecule has 1 unspecified atom stereocenters. The van der Waals surface area contributed by atoms with Crippen molar-refractivity contribution in [1.82, 2.24) is 15.3 Å². The average molecular weight is 403 g/mol. The molecule has 29 heavy (non-hydrogen) atoms. The van der Waals surface area contributed by atoms with E-state index in [2.05, 4.69) is 26.7 Å². The molecule has 4 rings (SSSR count). The summed E-state index contributed by atoms with van der Waals surface area (Å²) >= 11 is 0. The predicted octanol–water partition coefficient (Wildman–Crippen LogP) is 3.43. The van der Waals surface area contributed by atoms with Gasteiger partial charge in [-0.3, -0.25) is 9.78 Å². The van der Waals surface area contributed by atoms with Crippen molar-refractivity contribution >= 4 is 33.5 Å².